The zero-order chi connectivity index (χ0) is 20.3. The molecule has 1 aliphatic heterocycles. The second kappa shape index (κ2) is 8.34. The van der Waals surface area contributed by atoms with Gasteiger partial charge >= 0.3 is 6.18 Å². The number of anilines is 1. The molecule has 0 aliphatic carbocycles. The van der Waals surface area contributed by atoms with Gasteiger partial charge in [-0.25, -0.2) is 0 Å². The van der Waals surface area contributed by atoms with Gasteiger partial charge in [-0.1, -0.05) is 18.6 Å². The Kier molecular flexibility index (Phi) is 6.07. The summed E-state index contributed by atoms with van der Waals surface area (Å²) in [6.45, 7) is 6.14. The zero-order valence-corrected chi connectivity index (χ0v) is 16.1. The molecular formula is C20H25F3N4O. The van der Waals surface area contributed by atoms with Crippen molar-refractivity contribution in [3.8, 4) is 0 Å². The number of hydrogen-bond acceptors (Lipinski definition) is 3. The van der Waals surface area contributed by atoms with Crippen molar-refractivity contribution in [3.05, 3.63) is 47.3 Å². The number of alkyl halides is 3. The van der Waals surface area contributed by atoms with Crippen LogP contribution in [0.2, 0.25) is 0 Å². The van der Waals surface area contributed by atoms with E-state index in [2.05, 4.69) is 15.3 Å². The highest BCUT2D eigenvalue weighted by molar-refractivity contribution is 5.93. The van der Waals surface area contributed by atoms with Crippen LogP contribution in [-0.4, -0.2) is 33.7 Å². The van der Waals surface area contributed by atoms with Crippen molar-refractivity contribution >= 4 is 11.6 Å². The van der Waals surface area contributed by atoms with E-state index in [0.717, 1.165) is 30.4 Å². The molecule has 0 saturated carbocycles. The standard InChI is InChI=1S/C20H25F3N4O/c1-14-12-18(20(21,22)23)25-27(14)15(2)19(28)24-17-8-6-16(7-9-17)13-26-10-4-3-5-11-26/h6-9,12,15H,3-5,10-11,13H2,1-2H3,(H,24,28). The highest BCUT2D eigenvalue weighted by Gasteiger charge is 2.35. The predicted octanol–water partition coefficient (Wildman–Crippen LogP) is 4.40. The van der Waals surface area contributed by atoms with Crippen LogP contribution in [0.15, 0.2) is 30.3 Å². The molecule has 1 aromatic carbocycles. The van der Waals surface area contributed by atoms with Gasteiger partial charge in [-0.3, -0.25) is 14.4 Å². The Labute approximate surface area is 162 Å². The number of likely N-dealkylation sites (tertiary alicyclic amines) is 1. The summed E-state index contributed by atoms with van der Waals surface area (Å²) in [6.07, 6.45) is -0.778. The topological polar surface area (TPSA) is 50.2 Å². The fraction of sp³-hybridized carbons (Fsp3) is 0.500. The van der Waals surface area contributed by atoms with Gasteiger partial charge in [-0.2, -0.15) is 18.3 Å². The molecule has 1 amide bonds. The van der Waals surface area contributed by atoms with E-state index in [1.807, 2.05) is 24.3 Å². The third kappa shape index (κ3) is 4.92. The van der Waals surface area contributed by atoms with Crippen molar-refractivity contribution in [1.29, 1.82) is 0 Å². The van der Waals surface area contributed by atoms with Crippen LogP contribution in [0.5, 0.6) is 0 Å². The Morgan fingerprint density at radius 3 is 2.39 bits per heavy atom. The van der Waals surface area contributed by atoms with Crippen molar-refractivity contribution in [3.63, 3.8) is 0 Å². The minimum Gasteiger partial charge on any atom is -0.324 e. The molecule has 0 radical (unpaired) electrons. The summed E-state index contributed by atoms with van der Waals surface area (Å²) in [7, 11) is 0. The summed E-state index contributed by atoms with van der Waals surface area (Å²) < 4.78 is 39.6. The van der Waals surface area contributed by atoms with Gasteiger partial charge in [-0.15, -0.1) is 0 Å². The molecule has 28 heavy (non-hydrogen) atoms. The number of rotatable bonds is 5. The minimum atomic E-state index is -4.53. The SMILES string of the molecule is Cc1cc(C(F)(F)F)nn1C(C)C(=O)Nc1ccc(CN2CCCCC2)cc1. The van der Waals surface area contributed by atoms with Crippen LogP contribution in [0.3, 0.4) is 0 Å². The van der Waals surface area contributed by atoms with E-state index in [9.17, 15) is 18.0 Å². The average molecular weight is 394 g/mol. The number of benzene rings is 1. The molecule has 0 spiro atoms. The normalized spacial score (nSPS) is 16.8. The van der Waals surface area contributed by atoms with Crippen molar-refractivity contribution in [2.24, 2.45) is 0 Å². The third-order valence-corrected chi connectivity index (χ3v) is 5.04. The number of nitrogens with zero attached hydrogens (tertiary/aromatic N) is 3. The summed E-state index contributed by atoms with van der Waals surface area (Å²) in [5.74, 6) is -0.413. The summed E-state index contributed by atoms with van der Waals surface area (Å²) in [5, 5.41) is 6.30. The Bertz CT molecular complexity index is 808. The van der Waals surface area contributed by atoms with Crippen LogP contribution in [0.25, 0.3) is 0 Å². The quantitative estimate of drug-likeness (QED) is 0.818. The van der Waals surface area contributed by atoms with Crippen molar-refractivity contribution < 1.29 is 18.0 Å². The van der Waals surface area contributed by atoms with Gasteiger partial charge in [0, 0.05) is 17.9 Å². The van der Waals surface area contributed by atoms with Gasteiger partial charge in [0.25, 0.3) is 0 Å². The van der Waals surface area contributed by atoms with Gasteiger partial charge in [0.2, 0.25) is 5.91 Å². The maximum absolute atomic E-state index is 12.8. The lowest BCUT2D eigenvalue weighted by molar-refractivity contribution is -0.141. The Morgan fingerprint density at radius 1 is 1.18 bits per heavy atom. The van der Waals surface area contributed by atoms with Crippen molar-refractivity contribution in [2.75, 3.05) is 18.4 Å². The molecule has 8 heteroatoms. The lowest BCUT2D eigenvalue weighted by atomic mass is 10.1. The monoisotopic (exact) mass is 394 g/mol. The summed E-state index contributed by atoms with van der Waals surface area (Å²) in [5.41, 5.74) is 1.07. The first-order chi connectivity index (χ1) is 13.2. The molecule has 1 aromatic heterocycles. The number of carbonyl (C=O) groups is 1. The Balaban J connectivity index is 1.61. The number of amides is 1. The van der Waals surface area contributed by atoms with Crippen LogP contribution in [0.4, 0.5) is 18.9 Å². The second-order valence-corrected chi connectivity index (χ2v) is 7.31. The molecule has 1 unspecified atom stereocenters. The second-order valence-electron chi connectivity index (χ2n) is 7.31. The molecule has 2 heterocycles. The minimum absolute atomic E-state index is 0.284. The Hall–Kier alpha value is -2.35. The van der Waals surface area contributed by atoms with E-state index < -0.39 is 23.8 Å². The van der Waals surface area contributed by atoms with Crippen LogP contribution >= 0.6 is 0 Å². The number of piperidine rings is 1. The predicted molar refractivity (Wildman–Crippen MR) is 101 cm³/mol. The molecule has 1 N–H and O–H groups in total. The molecule has 0 bridgehead atoms. The largest absolute Gasteiger partial charge is 0.435 e. The number of nitrogens with one attached hydrogen (secondary N) is 1. The number of halogens is 3. The number of hydrogen-bond donors (Lipinski definition) is 1. The van der Waals surface area contributed by atoms with Crippen LogP contribution in [-0.2, 0) is 17.5 Å². The third-order valence-electron chi connectivity index (χ3n) is 5.04. The highest BCUT2D eigenvalue weighted by Crippen LogP contribution is 2.29. The molecule has 1 aliphatic rings. The van der Waals surface area contributed by atoms with Crippen molar-refractivity contribution in [2.45, 2.75) is 51.9 Å². The molecule has 1 fully saturated rings. The van der Waals surface area contributed by atoms with Crippen molar-refractivity contribution in [1.82, 2.24) is 14.7 Å². The molecule has 5 nitrogen and oxygen atoms in total. The van der Waals surface area contributed by atoms with Gasteiger partial charge in [0.15, 0.2) is 5.69 Å². The maximum Gasteiger partial charge on any atom is 0.435 e. The van der Waals surface area contributed by atoms with Gasteiger partial charge in [-0.05, 0) is 63.5 Å². The molecular weight excluding hydrogens is 369 g/mol. The maximum atomic E-state index is 12.8. The van der Waals surface area contributed by atoms with Crippen LogP contribution in [0, 0.1) is 6.92 Å². The van der Waals surface area contributed by atoms with E-state index >= 15 is 0 Å². The van der Waals surface area contributed by atoms with E-state index in [4.69, 9.17) is 0 Å². The van der Waals surface area contributed by atoms with E-state index in [-0.39, 0.29) is 5.69 Å². The molecule has 152 valence electrons. The van der Waals surface area contributed by atoms with E-state index in [0.29, 0.717) is 5.69 Å². The first-order valence-corrected chi connectivity index (χ1v) is 9.49. The van der Waals surface area contributed by atoms with Gasteiger partial charge in [0.1, 0.15) is 6.04 Å². The lowest BCUT2D eigenvalue weighted by Gasteiger charge is -2.26. The van der Waals surface area contributed by atoms with Gasteiger partial charge in [0.05, 0.1) is 0 Å². The number of aromatic nitrogens is 2. The molecule has 1 saturated heterocycles. The Morgan fingerprint density at radius 2 is 1.82 bits per heavy atom. The number of carbonyl (C=O) groups excluding carboxylic acids is 1. The fourth-order valence-electron chi connectivity index (χ4n) is 3.45. The zero-order valence-electron chi connectivity index (χ0n) is 16.1. The summed E-state index contributed by atoms with van der Waals surface area (Å²) >= 11 is 0. The smallest absolute Gasteiger partial charge is 0.324 e. The first-order valence-electron chi connectivity index (χ1n) is 9.49. The van der Waals surface area contributed by atoms with E-state index in [1.54, 1.807) is 0 Å². The average Bonchev–Trinajstić information content (AvgIpc) is 3.05. The first kappa shape index (κ1) is 20.4. The molecule has 2 aromatic rings. The lowest BCUT2D eigenvalue weighted by Crippen LogP contribution is -2.29. The van der Waals surface area contributed by atoms with Gasteiger partial charge < -0.3 is 5.32 Å². The molecule has 1 atom stereocenters. The number of aryl methyl sites for hydroxylation is 1. The molecule has 3 rings (SSSR count). The summed E-state index contributed by atoms with van der Waals surface area (Å²) in [4.78, 5) is 14.9. The fourth-order valence-corrected chi connectivity index (χ4v) is 3.45. The van der Waals surface area contributed by atoms with Crippen LogP contribution < -0.4 is 5.32 Å². The summed E-state index contributed by atoms with van der Waals surface area (Å²) in [6, 6.07) is 7.66. The highest BCUT2D eigenvalue weighted by atomic mass is 19.4. The van der Waals surface area contributed by atoms with E-state index in [1.165, 1.54) is 38.7 Å². The van der Waals surface area contributed by atoms with Crippen LogP contribution in [0.1, 0.15) is 49.2 Å².